The van der Waals surface area contributed by atoms with Gasteiger partial charge in [0.15, 0.2) is 5.75 Å². The van der Waals surface area contributed by atoms with E-state index in [1.54, 1.807) is 20.2 Å². The van der Waals surface area contributed by atoms with Gasteiger partial charge in [-0.2, -0.15) is 0 Å². The Labute approximate surface area is 81.4 Å². The normalized spacial score (nSPS) is 9.57. The standard InChI is InChI=1S/C9H12N2O3/c1-10-5-3-6(9(13)14)8(12)7(4-5)11-2/h3-4,10-12H,1-2H3,(H,13,14). The van der Waals surface area contributed by atoms with E-state index >= 15 is 0 Å². The first-order valence-electron chi connectivity index (χ1n) is 4.06. The maximum atomic E-state index is 10.7. The first kappa shape index (κ1) is 10.2. The van der Waals surface area contributed by atoms with E-state index in [1.807, 2.05) is 0 Å². The van der Waals surface area contributed by atoms with Gasteiger partial charge in [0.05, 0.1) is 5.69 Å². The molecule has 0 radical (unpaired) electrons. The third-order valence-electron chi connectivity index (χ3n) is 1.90. The van der Waals surface area contributed by atoms with Gasteiger partial charge in [0.1, 0.15) is 5.56 Å². The number of nitrogens with one attached hydrogen (secondary N) is 2. The SMILES string of the molecule is CNc1cc(NC)c(O)c(C(=O)O)c1. The summed E-state index contributed by atoms with van der Waals surface area (Å²) in [7, 11) is 3.29. The number of aromatic hydroxyl groups is 1. The number of carbonyl (C=O) groups is 1. The molecule has 0 aliphatic heterocycles. The van der Waals surface area contributed by atoms with Crippen LogP contribution in [0.4, 0.5) is 11.4 Å². The Bertz CT molecular complexity index is 363. The van der Waals surface area contributed by atoms with Crippen molar-refractivity contribution in [3.8, 4) is 5.75 Å². The predicted molar refractivity (Wildman–Crippen MR) is 54.2 cm³/mol. The van der Waals surface area contributed by atoms with Gasteiger partial charge in [-0.25, -0.2) is 4.79 Å². The molecule has 0 bridgehead atoms. The van der Waals surface area contributed by atoms with Crippen molar-refractivity contribution in [3.05, 3.63) is 17.7 Å². The van der Waals surface area contributed by atoms with Gasteiger partial charge in [-0.1, -0.05) is 0 Å². The molecule has 0 atom stereocenters. The third-order valence-corrected chi connectivity index (χ3v) is 1.90. The van der Waals surface area contributed by atoms with E-state index in [0.717, 1.165) is 0 Å². The van der Waals surface area contributed by atoms with Crippen molar-refractivity contribution in [2.45, 2.75) is 0 Å². The molecule has 0 saturated heterocycles. The zero-order valence-electron chi connectivity index (χ0n) is 7.96. The van der Waals surface area contributed by atoms with Crippen molar-refractivity contribution in [1.29, 1.82) is 0 Å². The predicted octanol–water partition coefficient (Wildman–Crippen LogP) is 1.17. The molecule has 5 heteroatoms. The zero-order valence-corrected chi connectivity index (χ0v) is 7.96. The van der Waals surface area contributed by atoms with Gasteiger partial charge in [-0.05, 0) is 12.1 Å². The van der Waals surface area contributed by atoms with Gasteiger partial charge in [-0.3, -0.25) is 0 Å². The van der Waals surface area contributed by atoms with E-state index < -0.39 is 5.97 Å². The average molecular weight is 196 g/mol. The lowest BCUT2D eigenvalue weighted by Crippen LogP contribution is -2.01. The van der Waals surface area contributed by atoms with Crippen molar-refractivity contribution in [2.75, 3.05) is 24.7 Å². The van der Waals surface area contributed by atoms with Crippen molar-refractivity contribution >= 4 is 17.3 Å². The molecule has 14 heavy (non-hydrogen) atoms. The first-order valence-corrected chi connectivity index (χ1v) is 4.06. The van der Waals surface area contributed by atoms with Gasteiger partial charge < -0.3 is 20.8 Å². The van der Waals surface area contributed by atoms with E-state index in [4.69, 9.17) is 5.11 Å². The van der Waals surface area contributed by atoms with Gasteiger partial charge in [0.2, 0.25) is 0 Å². The number of anilines is 2. The maximum absolute atomic E-state index is 10.7. The number of rotatable bonds is 3. The van der Waals surface area contributed by atoms with Crippen molar-refractivity contribution in [2.24, 2.45) is 0 Å². The number of phenols is 1. The van der Waals surface area contributed by atoms with E-state index in [0.29, 0.717) is 11.4 Å². The topological polar surface area (TPSA) is 81.6 Å². The van der Waals surface area contributed by atoms with Gasteiger partial charge in [0.25, 0.3) is 0 Å². The Kier molecular flexibility index (Phi) is 2.81. The zero-order chi connectivity index (χ0) is 10.7. The van der Waals surface area contributed by atoms with Crippen molar-refractivity contribution < 1.29 is 15.0 Å². The van der Waals surface area contributed by atoms with E-state index in [-0.39, 0.29) is 11.3 Å². The summed E-state index contributed by atoms with van der Waals surface area (Å²) in [5, 5.41) is 23.8. The summed E-state index contributed by atoms with van der Waals surface area (Å²) in [6, 6.07) is 3.00. The summed E-state index contributed by atoms with van der Waals surface area (Å²) in [6.07, 6.45) is 0. The molecule has 0 aromatic heterocycles. The third kappa shape index (κ3) is 1.71. The van der Waals surface area contributed by atoms with Gasteiger partial charge in [-0.15, -0.1) is 0 Å². The van der Waals surface area contributed by atoms with Crippen LogP contribution in [0.15, 0.2) is 12.1 Å². The smallest absolute Gasteiger partial charge is 0.339 e. The highest BCUT2D eigenvalue weighted by Gasteiger charge is 2.14. The van der Waals surface area contributed by atoms with Crippen molar-refractivity contribution in [1.82, 2.24) is 0 Å². The number of benzene rings is 1. The van der Waals surface area contributed by atoms with Crippen LogP contribution >= 0.6 is 0 Å². The summed E-state index contributed by atoms with van der Waals surface area (Å²) >= 11 is 0. The molecule has 0 aliphatic rings. The molecular formula is C9H12N2O3. The molecule has 0 spiro atoms. The first-order chi connectivity index (χ1) is 6.60. The lowest BCUT2D eigenvalue weighted by molar-refractivity contribution is 0.0694. The molecule has 1 aromatic carbocycles. The lowest BCUT2D eigenvalue weighted by atomic mass is 10.1. The largest absolute Gasteiger partial charge is 0.505 e. The van der Waals surface area contributed by atoms with Crippen LogP contribution in [-0.2, 0) is 0 Å². The second-order valence-corrected chi connectivity index (χ2v) is 2.73. The van der Waals surface area contributed by atoms with Crippen LogP contribution in [0.1, 0.15) is 10.4 Å². The highest BCUT2D eigenvalue weighted by molar-refractivity contribution is 5.94. The Morgan fingerprint density at radius 1 is 1.29 bits per heavy atom. The highest BCUT2D eigenvalue weighted by Crippen LogP contribution is 2.31. The molecule has 0 saturated carbocycles. The molecule has 0 aliphatic carbocycles. The molecule has 0 amide bonds. The van der Waals surface area contributed by atoms with Gasteiger partial charge >= 0.3 is 5.97 Å². The minimum absolute atomic E-state index is 0.124. The molecule has 0 fully saturated rings. The molecular weight excluding hydrogens is 184 g/mol. The van der Waals surface area contributed by atoms with Crippen LogP contribution < -0.4 is 10.6 Å². The van der Waals surface area contributed by atoms with E-state index in [1.165, 1.54) is 6.07 Å². The fraction of sp³-hybridized carbons (Fsp3) is 0.222. The van der Waals surface area contributed by atoms with Crippen LogP contribution in [0.25, 0.3) is 0 Å². The summed E-state index contributed by atoms with van der Waals surface area (Å²) in [5.41, 5.74) is 0.889. The molecule has 0 unspecified atom stereocenters. The fourth-order valence-electron chi connectivity index (χ4n) is 1.13. The molecule has 1 aromatic rings. The van der Waals surface area contributed by atoms with Crippen LogP contribution in [0.5, 0.6) is 5.75 Å². The number of carboxylic acids is 1. The lowest BCUT2D eigenvalue weighted by Gasteiger charge is -2.09. The summed E-state index contributed by atoms with van der Waals surface area (Å²) in [4.78, 5) is 10.7. The Morgan fingerprint density at radius 2 is 1.93 bits per heavy atom. The number of aromatic carboxylic acids is 1. The molecule has 4 N–H and O–H groups in total. The quantitative estimate of drug-likeness (QED) is 0.431. The van der Waals surface area contributed by atoms with Crippen LogP contribution in [-0.4, -0.2) is 30.3 Å². The van der Waals surface area contributed by atoms with Crippen LogP contribution in [0, 0.1) is 0 Å². The molecule has 76 valence electrons. The Hall–Kier alpha value is -1.91. The number of hydrogen-bond acceptors (Lipinski definition) is 4. The number of carboxylic acid groups (broad SMARTS) is 1. The van der Waals surface area contributed by atoms with Crippen LogP contribution in [0.2, 0.25) is 0 Å². The van der Waals surface area contributed by atoms with Gasteiger partial charge in [0, 0.05) is 19.8 Å². The minimum Gasteiger partial charge on any atom is -0.505 e. The fourth-order valence-corrected chi connectivity index (χ4v) is 1.13. The van der Waals surface area contributed by atoms with Crippen molar-refractivity contribution in [3.63, 3.8) is 0 Å². The summed E-state index contributed by atoms with van der Waals surface area (Å²) < 4.78 is 0. The Balaban J connectivity index is 3.34. The maximum Gasteiger partial charge on any atom is 0.339 e. The second kappa shape index (κ2) is 3.87. The molecule has 5 nitrogen and oxygen atoms in total. The van der Waals surface area contributed by atoms with E-state index in [2.05, 4.69) is 10.6 Å². The summed E-state index contributed by atoms with van der Waals surface area (Å²) in [6.45, 7) is 0. The Morgan fingerprint density at radius 3 is 2.36 bits per heavy atom. The van der Waals surface area contributed by atoms with E-state index in [9.17, 15) is 9.90 Å². The average Bonchev–Trinajstić information content (AvgIpc) is 2.17. The molecule has 0 heterocycles. The second-order valence-electron chi connectivity index (χ2n) is 2.73. The summed E-state index contributed by atoms with van der Waals surface area (Å²) in [5.74, 6) is -1.41. The van der Waals surface area contributed by atoms with Crippen LogP contribution in [0.3, 0.4) is 0 Å². The minimum atomic E-state index is -1.16. The highest BCUT2D eigenvalue weighted by atomic mass is 16.4. The molecule has 1 rings (SSSR count). The monoisotopic (exact) mass is 196 g/mol. The number of hydrogen-bond donors (Lipinski definition) is 4.